The van der Waals surface area contributed by atoms with Crippen molar-refractivity contribution in [1.29, 1.82) is 0 Å². The third-order valence-corrected chi connectivity index (χ3v) is 2.78. The summed E-state index contributed by atoms with van der Waals surface area (Å²) in [5.74, 6) is 0.225. The Kier molecular flexibility index (Phi) is 5.16. The lowest BCUT2D eigenvalue weighted by Crippen LogP contribution is -2.11. The fourth-order valence-corrected chi connectivity index (χ4v) is 1.63. The molecule has 0 amide bonds. The van der Waals surface area contributed by atoms with Crippen LogP contribution < -0.4 is 5.32 Å². The van der Waals surface area contributed by atoms with Gasteiger partial charge in [0, 0.05) is 13.0 Å². The van der Waals surface area contributed by atoms with Crippen LogP contribution in [0.1, 0.15) is 12.8 Å². The Labute approximate surface area is 111 Å². The molecule has 1 aromatic heterocycles. The van der Waals surface area contributed by atoms with E-state index >= 15 is 0 Å². The molecular formula is C9H8Cl3F3N2. The van der Waals surface area contributed by atoms with Crippen molar-refractivity contribution in [3.05, 3.63) is 21.3 Å². The Morgan fingerprint density at radius 1 is 1.18 bits per heavy atom. The Balaban J connectivity index is 2.50. The van der Waals surface area contributed by atoms with Gasteiger partial charge in [-0.05, 0) is 12.5 Å². The Hall–Kier alpha value is -0.390. The molecule has 0 atom stereocenters. The lowest BCUT2D eigenvalue weighted by Gasteiger charge is -2.09. The summed E-state index contributed by atoms with van der Waals surface area (Å²) < 4.78 is 35.6. The van der Waals surface area contributed by atoms with Crippen LogP contribution in [0.2, 0.25) is 15.2 Å². The highest BCUT2D eigenvalue weighted by Crippen LogP contribution is 2.29. The van der Waals surface area contributed by atoms with Gasteiger partial charge in [-0.2, -0.15) is 13.2 Å². The second-order valence-corrected chi connectivity index (χ2v) is 4.41. The average Bonchev–Trinajstić information content (AvgIpc) is 2.18. The van der Waals surface area contributed by atoms with Gasteiger partial charge in [0.1, 0.15) is 11.0 Å². The largest absolute Gasteiger partial charge is 0.389 e. The summed E-state index contributed by atoms with van der Waals surface area (Å²) in [5, 5.41) is 3.12. The van der Waals surface area contributed by atoms with Crippen molar-refractivity contribution >= 4 is 40.6 Å². The van der Waals surface area contributed by atoms with E-state index in [1.807, 2.05) is 0 Å². The highest BCUT2D eigenvalue weighted by atomic mass is 35.5. The molecule has 0 unspecified atom stereocenters. The van der Waals surface area contributed by atoms with Crippen molar-refractivity contribution < 1.29 is 13.2 Å². The van der Waals surface area contributed by atoms with Gasteiger partial charge >= 0.3 is 6.18 Å². The first-order valence-electron chi connectivity index (χ1n) is 4.62. The normalized spacial score (nSPS) is 11.6. The molecule has 0 aliphatic rings. The number of alkyl halides is 3. The van der Waals surface area contributed by atoms with Crippen molar-refractivity contribution in [2.24, 2.45) is 0 Å². The van der Waals surface area contributed by atoms with Gasteiger partial charge in [-0.1, -0.05) is 34.8 Å². The molecule has 0 bridgehead atoms. The Morgan fingerprint density at radius 2 is 1.82 bits per heavy atom. The number of anilines is 1. The molecule has 0 saturated carbocycles. The number of hydrogen-bond acceptors (Lipinski definition) is 2. The van der Waals surface area contributed by atoms with E-state index in [0.717, 1.165) is 0 Å². The number of nitrogens with one attached hydrogen (secondary N) is 1. The van der Waals surface area contributed by atoms with E-state index in [2.05, 4.69) is 10.3 Å². The van der Waals surface area contributed by atoms with Crippen LogP contribution in [0.3, 0.4) is 0 Å². The molecule has 1 N–H and O–H groups in total. The van der Waals surface area contributed by atoms with Crippen molar-refractivity contribution in [1.82, 2.24) is 4.98 Å². The van der Waals surface area contributed by atoms with Crippen molar-refractivity contribution in [3.63, 3.8) is 0 Å². The summed E-state index contributed by atoms with van der Waals surface area (Å²) in [7, 11) is 0. The SMILES string of the molecule is FC(F)(F)CCCNc1nc(Cl)c(Cl)cc1Cl. The minimum atomic E-state index is -4.16. The average molecular weight is 308 g/mol. The second-order valence-electron chi connectivity index (χ2n) is 3.24. The predicted octanol–water partition coefficient (Wildman–Crippen LogP) is 4.80. The topological polar surface area (TPSA) is 24.9 Å². The monoisotopic (exact) mass is 306 g/mol. The van der Waals surface area contributed by atoms with Gasteiger partial charge < -0.3 is 5.32 Å². The zero-order valence-electron chi connectivity index (χ0n) is 8.41. The lowest BCUT2D eigenvalue weighted by atomic mass is 10.3. The molecule has 1 rings (SSSR count). The van der Waals surface area contributed by atoms with Crippen LogP contribution in [0.15, 0.2) is 6.07 Å². The van der Waals surface area contributed by atoms with E-state index in [4.69, 9.17) is 34.8 Å². The third-order valence-electron chi connectivity index (χ3n) is 1.82. The molecular weight excluding hydrogens is 299 g/mol. The van der Waals surface area contributed by atoms with Crippen LogP contribution in [-0.2, 0) is 0 Å². The zero-order chi connectivity index (χ0) is 13.1. The molecule has 0 fully saturated rings. The molecule has 0 saturated heterocycles. The van der Waals surface area contributed by atoms with Gasteiger partial charge in [-0.15, -0.1) is 0 Å². The summed E-state index contributed by atoms with van der Waals surface area (Å²) in [6.45, 7) is 0.101. The Morgan fingerprint density at radius 3 is 2.41 bits per heavy atom. The quantitative estimate of drug-likeness (QED) is 0.638. The summed E-state index contributed by atoms with van der Waals surface area (Å²) in [5.41, 5.74) is 0. The maximum atomic E-state index is 11.9. The summed E-state index contributed by atoms with van der Waals surface area (Å²) >= 11 is 17.1. The van der Waals surface area contributed by atoms with E-state index in [0.29, 0.717) is 0 Å². The lowest BCUT2D eigenvalue weighted by molar-refractivity contribution is -0.134. The molecule has 0 aliphatic carbocycles. The van der Waals surface area contributed by atoms with Crippen molar-refractivity contribution in [3.8, 4) is 0 Å². The maximum absolute atomic E-state index is 11.9. The fourth-order valence-electron chi connectivity index (χ4n) is 1.06. The minimum absolute atomic E-state index is 0.0504. The second kappa shape index (κ2) is 5.98. The molecule has 0 aliphatic heterocycles. The molecule has 0 aromatic carbocycles. The van der Waals surface area contributed by atoms with E-state index < -0.39 is 12.6 Å². The molecule has 0 spiro atoms. The number of pyridine rings is 1. The fraction of sp³-hybridized carbons (Fsp3) is 0.444. The highest BCUT2D eigenvalue weighted by molar-refractivity contribution is 6.42. The number of nitrogens with zero attached hydrogens (tertiary/aromatic N) is 1. The number of halogens is 6. The van der Waals surface area contributed by atoms with Crippen molar-refractivity contribution in [2.45, 2.75) is 19.0 Å². The van der Waals surface area contributed by atoms with Crippen LogP contribution in [0, 0.1) is 0 Å². The standard InChI is InChI=1S/C9H8Cl3F3N2/c10-5-4-6(11)8(17-7(5)12)16-3-1-2-9(13,14)15/h4H,1-3H2,(H,16,17). The molecule has 1 heterocycles. The number of aromatic nitrogens is 1. The van der Waals surface area contributed by atoms with Gasteiger partial charge in [0.15, 0.2) is 0 Å². The molecule has 96 valence electrons. The zero-order valence-corrected chi connectivity index (χ0v) is 10.7. The van der Waals surface area contributed by atoms with E-state index in [1.54, 1.807) is 0 Å². The van der Waals surface area contributed by atoms with Crippen molar-refractivity contribution in [2.75, 3.05) is 11.9 Å². The first-order chi connectivity index (χ1) is 7.79. The van der Waals surface area contributed by atoms with Gasteiger partial charge in [0.2, 0.25) is 0 Å². The van der Waals surface area contributed by atoms with E-state index in [-0.39, 0.29) is 34.0 Å². The predicted molar refractivity (Wildman–Crippen MR) is 63.0 cm³/mol. The molecule has 1 aromatic rings. The van der Waals surface area contributed by atoms with Gasteiger partial charge in [0.25, 0.3) is 0 Å². The number of hydrogen-bond donors (Lipinski definition) is 1. The molecule has 0 radical (unpaired) electrons. The van der Waals surface area contributed by atoms with E-state index in [1.165, 1.54) is 6.07 Å². The summed E-state index contributed by atoms with van der Waals surface area (Å²) in [4.78, 5) is 3.82. The molecule has 8 heteroatoms. The number of rotatable bonds is 4. The van der Waals surface area contributed by atoms with Crippen LogP contribution >= 0.6 is 34.8 Å². The summed E-state index contributed by atoms with van der Waals surface area (Å²) in [6, 6.07) is 1.38. The van der Waals surface area contributed by atoms with Crippen LogP contribution in [0.5, 0.6) is 0 Å². The molecule has 17 heavy (non-hydrogen) atoms. The molecule has 2 nitrogen and oxygen atoms in total. The van der Waals surface area contributed by atoms with Gasteiger partial charge in [0.05, 0.1) is 10.0 Å². The van der Waals surface area contributed by atoms with E-state index in [9.17, 15) is 13.2 Å². The van der Waals surface area contributed by atoms with Crippen LogP contribution in [0.4, 0.5) is 19.0 Å². The maximum Gasteiger partial charge on any atom is 0.389 e. The van der Waals surface area contributed by atoms with Crippen LogP contribution in [0.25, 0.3) is 0 Å². The van der Waals surface area contributed by atoms with Gasteiger partial charge in [-0.3, -0.25) is 0 Å². The first-order valence-corrected chi connectivity index (χ1v) is 5.75. The summed E-state index contributed by atoms with van der Waals surface area (Å²) in [6.07, 6.45) is -5.09. The highest BCUT2D eigenvalue weighted by Gasteiger charge is 2.25. The first kappa shape index (κ1) is 14.7. The Bertz CT molecular complexity index is 396. The minimum Gasteiger partial charge on any atom is -0.369 e. The van der Waals surface area contributed by atoms with Crippen LogP contribution in [-0.4, -0.2) is 17.7 Å². The third kappa shape index (κ3) is 5.19. The van der Waals surface area contributed by atoms with Gasteiger partial charge in [-0.25, -0.2) is 4.98 Å². The smallest absolute Gasteiger partial charge is 0.369 e.